The zero-order valence-corrected chi connectivity index (χ0v) is 11.5. The molecule has 2 unspecified atom stereocenters. The first-order valence-electron chi connectivity index (χ1n) is 6.96. The number of aromatic nitrogens is 2. The lowest BCUT2D eigenvalue weighted by Gasteiger charge is -2.18. The van der Waals surface area contributed by atoms with Crippen molar-refractivity contribution in [1.82, 2.24) is 9.55 Å². The second-order valence-electron chi connectivity index (χ2n) is 5.10. The van der Waals surface area contributed by atoms with Gasteiger partial charge in [-0.25, -0.2) is 9.37 Å². The number of para-hydroxylation sites is 2. The molecule has 0 fully saturated rings. The van der Waals surface area contributed by atoms with Crippen LogP contribution in [-0.4, -0.2) is 33.5 Å². The normalized spacial score (nSPS) is 19.7. The van der Waals surface area contributed by atoms with Gasteiger partial charge in [-0.1, -0.05) is 18.2 Å². The molecule has 1 heterocycles. The van der Waals surface area contributed by atoms with E-state index < -0.39 is 6.10 Å². The average Bonchev–Trinajstić information content (AvgIpc) is 2.90. The van der Waals surface area contributed by atoms with Gasteiger partial charge in [0, 0.05) is 0 Å². The van der Waals surface area contributed by atoms with Crippen molar-refractivity contribution >= 4 is 11.0 Å². The third kappa shape index (κ3) is 3.37. The molecule has 1 aromatic carbocycles. The molecular formula is C16H17FN2O2. The average molecular weight is 288 g/mol. The molecule has 1 aliphatic rings. The summed E-state index contributed by atoms with van der Waals surface area (Å²) in [7, 11) is 0. The Morgan fingerprint density at radius 1 is 1.43 bits per heavy atom. The first-order valence-corrected chi connectivity index (χ1v) is 6.96. The summed E-state index contributed by atoms with van der Waals surface area (Å²) in [6, 6.07) is 7.77. The number of hydrogen-bond acceptors (Lipinski definition) is 3. The molecule has 0 radical (unpaired) electrons. The van der Waals surface area contributed by atoms with E-state index in [9.17, 15) is 9.50 Å². The van der Waals surface area contributed by atoms with Gasteiger partial charge < -0.3 is 14.4 Å². The van der Waals surface area contributed by atoms with Gasteiger partial charge >= 0.3 is 0 Å². The maximum Gasteiger partial charge on any atom is 0.119 e. The van der Waals surface area contributed by atoms with E-state index in [1.165, 1.54) is 12.2 Å². The Morgan fingerprint density at radius 2 is 2.29 bits per heavy atom. The van der Waals surface area contributed by atoms with E-state index in [-0.39, 0.29) is 18.5 Å². The summed E-state index contributed by atoms with van der Waals surface area (Å²) < 4.78 is 20.3. The summed E-state index contributed by atoms with van der Waals surface area (Å²) >= 11 is 0. The fourth-order valence-electron chi connectivity index (χ4n) is 2.37. The van der Waals surface area contributed by atoms with Crippen LogP contribution in [0.5, 0.6) is 0 Å². The molecule has 5 heteroatoms. The summed E-state index contributed by atoms with van der Waals surface area (Å²) in [6.07, 6.45) is 5.97. The molecule has 0 saturated heterocycles. The van der Waals surface area contributed by atoms with Crippen LogP contribution in [0.3, 0.4) is 0 Å². The van der Waals surface area contributed by atoms with Gasteiger partial charge in [-0.05, 0) is 30.7 Å². The molecule has 0 saturated carbocycles. The number of halogens is 1. The second-order valence-corrected chi connectivity index (χ2v) is 5.10. The Labute approximate surface area is 122 Å². The van der Waals surface area contributed by atoms with E-state index >= 15 is 0 Å². The molecule has 21 heavy (non-hydrogen) atoms. The Morgan fingerprint density at radius 3 is 3.10 bits per heavy atom. The fraction of sp³-hybridized carbons (Fsp3) is 0.312. The lowest BCUT2D eigenvalue weighted by molar-refractivity contribution is 0.00386. The van der Waals surface area contributed by atoms with Crippen molar-refractivity contribution in [3.8, 4) is 0 Å². The van der Waals surface area contributed by atoms with Crippen LogP contribution in [0.25, 0.3) is 11.0 Å². The molecular weight excluding hydrogens is 271 g/mol. The monoisotopic (exact) mass is 288 g/mol. The highest BCUT2D eigenvalue weighted by Gasteiger charge is 2.13. The van der Waals surface area contributed by atoms with Crippen LogP contribution in [0.15, 0.2) is 54.6 Å². The van der Waals surface area contributed by atoms with E-state index in [1.807, 2.05) is 28.8 Å². The Bertz CT molecular complexity index is 678. The third-order valence-electron chi connectivity index (χ3n) is 3.45. The van der Waals surface area contributed by atoms with Crippen LogP contribution in [0, 0.1) is 0 Å². The van der Waals surface area contributed by atoms with Gasteiger partial charge in [0.15, 0.2) is 0 Å². The Balaban J connectivity index is 1.55. The zero-order valence-electron chi connectivity index (χ0n) is 11.5. The molecule has 4 nitrogen and oxygen atoms in total. The topological polar surface area (TPSA) is 47.3 Å². The molecule has 0 bridgehead atoms. The lowest BCUT2D eigenvalue weighted by Crippen LogP contribution is -2.25. The number of nitrogens with zero attached hydrogens (tertiary/aromatic N) is 2. The van der Waals surface area contributed by atoms with Crippen molar-refractivity contribution in [3.63, 3.8) is 0 Å². The fourth-order valence-corrected chi connectivity index (χ4v) is 2.37. The van der Waals surface area contributed by atoms with Crippen LogP contribution in [0.4, 0.5) is 4.39 Å². The predicted octanol–water partition coefficient (Wildman–Crippen LogP) is 2.60. The van der Waals surface area contributed by atoms with Crippen LogP contribution in [0.1, 0.15) is 6.42 Å². The highest BCUT2D eigenvalue weighted by Crippen LogP contribution is 2.15. The standard InChI is InChI=1S/C16H17FN2O2/c17-12-5-7-14(8-6-12)21-10-13(20)9-19-11-18-15-3-1-2-4-16(15)19/h1-7,11,13-14,20H,8-10H2. The number of aliphatic hydroxyl groups is 1. The molecule has 1 N–H and O–H groups in total. The molecule has 0 spiro atoms. The van der Waals surface area contributed by atoms with Gasteiger partial charge in [-0.2, -0.15) is 0 Å². The lowest BCUT2D eigenvalue weighted by atomic mass is 10.1. The Hall–Kier alpha value is -1.98. The number of aliphatic hydroxyl groups excluding tert-OH is 1. The first kappa shape index (κ1) is 14.0. The zero-order chi connectivity index (χ0) is 14.7. The first-order chi connectivity index (χ1) is 10.2. The number of benzene rings is 1. The summed E-state index contributed by atoms with van der Waals surface area (Å²) in [6.45, 7) is 0.623. The minimum Gasteiger partial charge on any atom is -0.389 e. The van der Waals surface area contributed by atoms with Gasteiger partial charge in [-0.3, -0.25) is 0 Å². The molecule has 2 atom stereocenters. The summed E-state index contributed by atoms with van der Waals surface area (Å²) in [5.74, 6) is -0.236. The van der Waals surface area contributed by atoms with Crippen LogP contribution < -0.4 is 0 Å². The number of ether oxygens (including phenoxy) is 1. The highest BCUT2D eigenvalue weighted by atomic mass is 19.1. The van der Waals surface area contributed by atoms with Crippen molar-refractivity contribution in [3.05, 3.63) is 54.6 Å². The molecule has 110 valence electrons. The number of imidazole rings is 1. The second kappa shape index (κ2) is 6.20. The summed E-state index contributed by atoms with van der Waals surface area (Å²) in [4.78, 5) is 4.28. The summed E-state index contributed by atoms with van der Waals surface area (Å²) in [5.41, 5.74) is 1.89. The van der Waals surface area contributed by atoms with Crippen LogP contribution in [0.2, 0.25) is 0 Å². The molecule has 3 rings (SSSR count). The summed E-state index contributed by atoms with van der Waals surface area (Å²) in [5, 5.41) is 10.1. The minimum absolute atomic E-state index is 0.168. The molecule has 2 aromatic rings. The molecule has 1 aliphatic carbocycles. The van der Waals surface area contributed by atoms with E-state index in [1.54, 1.807) is 12.4 Å². The van der Waals surface area contributed by atoms with Gasteiger partial charge in [0.1, 0.15) is 5.83 Å². The maximum atomic E-state index is 12.8. The smallest absolute Gasteiger partial charge is 0.119 e. The number of allylic oxidation sites excluding steroid dienone is 2. The van der Waals surface area contributed by atoms with Crippen molar-refractivity contribution < 1.29 is 14.2 Å². The van der Waals surface area contributed by atoms with Crippen LogP contribution >= 0.6 is 0 Å². The van der Waals surface area contributed by atoms with Gasteiger partial charge in [0.05, 0.1) is 42.7 Å². The van der Waals surface area contributed by atoms with Gasteiger partial charge in [0.25, 0.3) is 0 Å². The largest absolute Gasteiger partial charge is 0.389 e. The van der Waals surface area contributed by atoms with Crippen molar-refractivity contribution in [2.75, 3.05) is 6.61 Å². The van der Waals surface area contributed by atoms with Gasteiger partial charge in [-0.15, -0.1) is 0 Å². The SMILES string of the molecule is OC(COC1C=CC(F)=CC1)Cn1cnc2ccccc21. The van der Waals surface area contributed by atoms with Crippen LogP contribution in [-0.2, 0) is 11.3 Å². The number of hydrogen-bond donors (Lipinski definition) is 1. The molecule has 0 amide bonds. The third-order valence-corrected chi connectivity index (χ3v) is 3.45. The number of fused-ring (bicyclic) bond motifs is 1. The quantitative estimate of drug-likeness (QED) is 0.920. The van der Waals surface area contributed by atoms with E-state index in [0.29, 0.717) is 13.0 Å². The predicted molar refractivity (Wildman–Crippen MR) is 78.4 cm³/mol. The molecule has 0 aliphatic heterocycles. The van der Waals surface area contributed by atoms with E-state index in [4.69, 9.17) is 4.74 Å². The Kier molecular flexibility index (Phi) is 4.13. The van der Waals surface area contributed by atoms with Crippen molar-refractivity contribution in [1.29, 1.82) is 0 Å². The number of rotatable bonds is 5. The molecule has 1 aromatic heterocycles. The maximum absolute atomic E-state index is 12.8. The van der Waals surface area contributed by atoms with Gasteiger partial charge in [0.2, 0.25) is 0 Å². The van der Waals surface area contributed by atoms with Crippen molar-refractivity contribution in [2.24, 2.45) is 0 Å². The van der Waals surface area contributed by atoms with Crippen molar-refractivity contribution in [2.45, 2.75) is 25.2 Å². The highest BCUT2D eigenvalue weighted by molar-refractivity contribution is 5.74. The van der Waals surface area contributed by atoms with E-state index in [2.05, 4.69) is 4.98 Å². The minimum atomic E-state index is -0.633. The van der Waals surface area contributed by atoms with E-state index in [0.717, 1.165) is 11.0 Å².